The van der Waals surface area contributed by atoms with Crippen molar-refractivity contribution >= 4 is 16.9 Å². The second kappa shape index (κ2) is 8.21. The lowest BCUT2D eigenvalue weighted by Crippen LogP contribution is -2.40. The van der Waals surface area contributed by atoms with Crippen LogP contribution >= 0.6 is 0 Å². The van der Waals surface area contributed by atoms with E-state index < -0.39 is 35.7 Å². The summed E-state index contributed by atoms with van der Waals surface area (Å²) in [5, 5.41) is 13.2. The molecule has 1 N–H and O–H groups in total. The lowest BCUT2D eigenvalue weighted by atomic mass is 10.0. The quantitative estimate of drug-likeness (QED) is 0.471. The average Bonchev–Trinajstić information content (AvgIpc) is 3.17. The van der Waals surface area contributed by atoms with Gasteiger partial charge in [0.25, 0.3) is 5.56 Å². The van der Waals surface area contributed by atoms with E-state index in [1.165, 1.54) is 18.2 Å². The molecule has 0 atom stereocenters. The number of rotatable bonds is 5. The number of carboxylic acid groups (broad SMARTS) is 1. The molecule has 0 aliphatic carbocycles. The van der Waals surface area contributed by atoms with Gasteiger partial charge in [-0.25, -0.2) is 14.2 Å². The minimum absolute atomic E-state index is 0.0374. The van der Waals surface area contributed by atoms with Crippen molar-refractivity contribution in [3.8, 4) is 22.7 Å². The van der Waals surface area contributed by atoms with Gasteiger partial charge in [-0.1, -0.05) is 5.16 Å². The summed E-state index contributed by atoms with van der Waals surface area (Å²) < 4.78 is 50.9. The first-order valence-electron chi connectivity index (χ1n) is 9.73. The van der Waals surface area contributed by atoms with Crippen LogP contribution in [0, 0.1) is 6.92 Å². The number of benzene rings is 2. The Balaban J connectivity index is 1.83. The third kappa shape index (κ3) is 4.05. The van der Waals surface area contributed by atoms with Gasteiger partial charge in [-0.3, -0.25) is 9.36 Å². The Bertz CT molecular complexity index is 1550. The van der Waals surface area contributed by atoms with E-state index in [0.29, 0.717) is 48.7 Å². The zero-order valence-corrected chi connectivity index (χ0v) is 17.7. The molecule has 0 bridgehead atoms. The number of hydrogen-bond donors (Lipinski definition) is 1. The summed E-state index contributed by atoms with van der Waals surface area (Å²) in [6, 6.07) is 9.39. The van der Waals surface area contributed by atoms with Gasteiger partial charge in [0.15, 0.2) is 12.2 Å². The van der Waals surface area contributed by atoms with Crippen molar-refractivity contribution in [2.75, 3.05) is 6.61 Å². The minimum Gasteiger partial charge on any atom is -0.482 e. The fraction of sp³-hybridized carbons (Fsp3) is 0.182. The Morgan fingerprint density at radius 3 is 2.53 bits per heavy atom. The van der Waals surface area contributed by atoms with Crippen LogP contribution < -0.4 is 16.0 Å². The number of halogens is 3. The number of carbonyl (C=O) groups is 1. The third-order valence-corrected chi connectivity index (χ3v) is 5.14. The summed E-state index contributed by atoms with van der Waals surface area (Å²) in [7, 11) is 0.932. The number of alkyl halides is 3. The van der Waals surface area contributed by atoms with E-state index in [2.05, 4.69) is 5.16 Å². The molecule has 4 aromatic rings. The van der Waals surface area contributed by atoms with Crippen molar-refractivity contribution in [2.24, 2.45) is 7.05 Å². The maximum Gasteiger partial charge on any atom is 0.431 e. The number of aryl methyl sites for hydroxylation is 1. The summed E-state index contributed by atoms with van der Waals surface area (Å²) in [6.07, 6.45) is -4.87. The van der Waals surface area contributed by atoms with E-state index in [-0.39, 0.29) is 5.69 Å². The van der Waals surface area contributed by atoms with Crippen LogP contribution in [0.4, 0.5) is 13.2 Å². The largest absolute Gasteiger partial charge is 0.482 e. The van der Waals surface area contributed by atoms with E-state index >= 15 is 0 Å². The maximum atomic E-state index is 13.1. The zero-order valence-electron chi connectivity index (χ0n) is 17.7. The molecular weight excluding hydrogens is 459 g/mol. The maximum absolute atomic E-state index is 13.1. The van der Waals surface area contributed by atoms with Crippen LogP contribution in [0.3, 0.4) is 0 Å². The lowest BCUT2D eigenvalue weighted by Gasteiger charge is -2.14. The first-order valence-corrected chi connectivity index (χ1v) is 9.73. The number of hydrogen-bond acceptors (Lipinski definition) is 6. The molecule has 0 spiro atoms. The molecule has 12 heteroatoms. The fourth-order valence-corrected chi connectivity index (χ4v) is 3.53. The van der Waals surface area contributed by atoms with Gasteiger partial charge in [-0.05, 0) is 48.9 Å². The van der Waals surface area contributed by atoms with Gasteiger partial charge in [0.2, 0.25) is 0 Å². The van der Waals surface area contributed by atoms with Gasteiger partial charge in [-0.2, -0.15) is 13.2 Å². The molecule has 0 saturated carbocycles. The van der Waals surface area contributed by atoms with Crippen molar-refractivity contribution in [2.45, 2.75) is 13.1 Å². The van der Waals surface area contributed by atoms with Gasteiger partial charge in [0, 0.05) is 18.7 Å². The predicted octanol–water partition coefficient (Wildman–Crippen LogP) is 3.14. The van der Waals surface area contributed by atoms with Crippen molar-refractivity contribution in [1.82, 2.24) is 14.3 Å². The summed E-state index contributed by atoms with van der Waals surface area (Å²) >= 11 is 0. The van der Waals surface area contributed by atoms with Gasteiger partial charge < -0.3 is 14.4 Å². The molecule has 9 nitrogen and oxygen atoms in total. The molecule has 0 aliphatic rings. The normalized spacial score (nSPS) is 11.7. The molecule has 0 amide bonds. The SMILES string of the molecule is Cc1cc(OCC(=O)O)ccc1-c1noc2ccc(-n3c(=O)cc(C(F)(F)F)n(C)c3=O)cc12. The van der Waals surface area contributed by atoms with Crippen molar-refractivity contribution in [1.29, 1.82) is 0 Å². The fourth-order valence-electron chi connectivity index (χ4n) is 3.53. The highest BCUT2D eigenvalue weighted by Gasteiger charge is 2.35. The smallest absolute Gasteiger partial charge is 0.431 e. The topological polar surface area (TPSA) is 117 Å². The van der Waals surface area contributed by atoms with Gasteiger partial charge in [0.1, 0.15) is 17.1 Å². The molecule has 2 heterocycles. The second-order valence-electron chi connectivity index (χ2n) is 7.41. The van der Waals surface area contributed by atoms with Crippen LogP contribution in [-0.2, 0) is 18.0 Å². The Hall–Kier alpha value is -4.35. The highest BCUT2D eigenvalue weighted by molar-refractivity contribution is 5.93. The number of aliphatic carboxylic acids is 1. The summed E-state index contributed by atoms with van der Waals surface area (Å²) in [4.78, 5) is 35.8. The minimum atomic E-state index is -4.87. The Morgan fingerprint density at radius 1 is 1.15 bits per heavy atom. The monoisotopic (exact) mass is 475 g/mol. The van der Waals surface area contributed by atoms with Crippen LogP contribution in [0.1, 0.15) is 11.3 Å². The van der Waals surface area contributed by atoms with Crippen LogP contribution in [-0.4, -0.2) is 32.0 Å². The van der Waals surface area contributed by atoms with Gasteiger partial charge in [0.05, 0.1) is 11.1 Å². The molecule has 0 radical (unpaired) electrons. The predicted molar refractivity (Wildman–Crippen MR) is 113 cm³/mol. The molecule has 34 heavy (non-hydrogen) atoms. The number of fused-ring (bicyclic) bond motifs is 1. The summed E-state index contributed by atoms with van der Waals surface area (Å²) in [6.45, 7) is 1.23. The van der Waals surface area contributed by atoms with Crippen molar-refractivity contribution in [3.63, 3.8) is 0 Å². The number of nitrogens with zero attached hydrogens (tertiary/aromatic N) is 3. The molecule has 2 aromatic carbocycles. The Labute approximate surface area is 188 Å². The molecule has 2 aromatic heterocycles. The average molecular weight is 475 g/mol. The highest BCUT2D eigenvalue weighted by atomic mass is 19.4. The Morgan fingerprint density at radius 2 is 1.88 bits per heavy atom. The number of ether oxygens (including phenoxy) is 1. The molecule has 0 aliphatic heterocycles. The van der Waals surface area contributed by atoms with E-state index in [9.17, 15) is 27.6 Å². The van der Waals surface area contributed by atoms with Gasteiger partial charge >= 0.3 is 17.8 Å². The molecular formula is C22H16F3N3O6. The van der Waals surface area contributed by atoms with Crippen LogP contribution in [0.15, 0.2) is 56.6 Å². The lowest BCUT2D eigenvalue weighted by molar-refractivity contribution is -0.144. The molecule has 176 valence electrons. The summed E-state index contributed by atoms with van der Waals surface area (Å²) in [5.41, 5.74) is -1.66. The van der Waals surface area contributed by atoms with Crippen molar-refractivity contribution < 1.29 is 32.3 Å². The standard InChI is InChI=1S/C22H16F3N3O6/c1-11-7-13(33-10-19(30)31)4-5-14(11)20-15-8-12(3-6-16(15)34-26-20)28-18(29)9-17(22(23,24)25)27(2)21(28)32/h3-9H,10H2,1-2H3,(H,30,31). The highest BCUT2D eigenvalue weighted by Crippen LogP contribution is 2.33. The van der Waals surface area contributed by atoms with Crippen LogP contribution in [0.5, 0.6) is 5.75 Å². The number of carboxylic acids is 1. The Kier molecular flexibility index (Phi) is 5.51. The first kappa shape index (κ1) is 22.8. The van der Waals surface area contributed by atoms with Crippen LogP contribution in [0.2, 0.25) is 0 Å². The first-order chi connectivity index (χ1) is 16.0. The van der Waals surface area contributed by atoms with Gasteiger partial charge in [-0.15, -0.1) is 0 Å². The molecule has 0 fully saturated rings. The molecule has 0 saturated heterocycles. The van der Waals surface area contributed by atoms with E-state index in [0.717, 1.165) is 7.05 Å². The van der Waals surface area contributed by atoms with Crippen LogP contribution in [0.25, 0.3) is 27.9 Å². The zero-order chi connectivity index (χ0) is 24.8. The molecule has 4 rings (SSSR count). The van der Waals surface area contributed by atoms with E-state index in [1.54, 1.807) is 25.1 Å². The summed E-state index contributed by atoms with van der Waals surface area (Å²) in [5.74, 6) is -0.793. The van der Waals surface area contributed by atoms with E-state index in [1.807, 2.05) is 0 Å². The number of aromatic nitrogens is 3. The third-order valence-electron chi connectivity index (χ3n) is 5.14. The van der Waals surface area contributed by atoms with E-state index in [4.69, 9.17) is 14.4 Å². The molecule has 0 unspecified atom stereocenters. The van der Waals surface area contributed by atoms with Crippen molar-refractivity contribution in [3.05, 3.63) is 74.6 Å². The second-order valence-corrected chi connectivity index (χ2v) is 7.41.